The van der Waals surface area contributed by atoms with E-state index in [2.05, 4.69) is 11.8 Å². The van der Waals surface area contributed by atoms with Crippen LogP contribution in [0.1, 0.15) is 22.8 Å². The van der Waals surface area contributed by atoms with Gasteiger partial charge < -0.3 is 19.3 Å². The molecule has 144 valence electrons. The summed E-state index contributed by atoms with van der Waals surface area (Å²) in [5, 5.41) is 0.732. The molecule has 0 unspecified atom stereocenters. The summed E-state index contributed by atoms with van der Waals surface area (Å²) >= 11 is 6.15. The minimum atomic E-state index is 0.0128. The Balaban J connectivity index is 1.69. The van der Waals surface area contributed by atoms with Crippen LogP contribution in [0, 0.1) is 6.92 Å². The van der Waals surface area contributed by atoms with Crippen molar-refractivity contribution in [3.63, 3.8) is 0 Å². The Morgan fingerprint density at radius 2 is 1.81 bits per heavy atom. The van der Waals surface area contributed by atoms with Crippen molar-refractivity contribution in [3.05, 3.63) is 52.5 Å². The van der Waals surface area contributed by atoms with Crippen LogP contribution in [0.5, 0.6) is 11.5 Å². The lowest BCUT2D eigenvalue weighted by atomic mass is 10.1. The van der Waals surface area contributed by atoms with Gasteiger partial charge in [-0.05, 0) is 49.7 Å². The maximum atomic E-state index is 12.9. The van der Waals surface area contributed by atoms with Crippen LogP contribution in [0.3, 0.4) is 0 Å². The fraction of sp³-hybridized carbons (Fsp3) is 0.381. The summed E-state index contributed by atoms with van der Waals surface area (Å²) in [6.45, 7) is 7.44. The van der Waals surface area contributed by atoms with E-state index in [4.69, 9.17) is 21.1 Å². The summed E-state index contributed by atoms with van der Waals surface area (Å²) in [6.07, 6.45) is 0. The Labute approximate surface area is 165 Å². The summed E-state index contributed by atoms with van der Waals surface area (Å²) in [5.74, 6) is 1.24. The van der Waals surface area contributed by atoms with E-state index in [-0.39, 0.29) is 5.91 Å². The molecule has 0 aliphatic carbocycles. The van der Waals surface area contributed by atoms with Gasteiger partial charge in [-0.2, -0.15) is 0 Å². The van der Waals surface area contributed by atoms with E-state index in [1.807, 2.05) is 30.0 Å². The monoisotopic (exact) mass is 388 g/mol. The van der Waals surface area contributed by atoms with Gasteiger partial charge in [0.25, 0.3) is 5.91 Å². The Morgan fingerprint density at radius 3 is 2.48 bits per heavy atom. The first-order valence-corrected chi connectivity index (χ1v) is 9.52. The number of methoxy groups -OCH3 is 1. The number of carbonyl (C=O) groups is 1. The van der Waals surface area contributed by atoms with Gasteiger partial charge in [0.05, 0.1) is 13.7 Å². The SMILES string of the molecule is CCOc1ccc(C(=O)N2CCN(c3cc(Cl)ccc3C)CC2)cc1OC. The molecule has 1 fully saturated rings. The number of amides is 1. The number of hydrogen-bond acceptors (Lipinski definition) is 4. The second-order valence-electron chi connectivity index (χ2n) is 6.51. The summed E-state index contributed by atoms with van der Waals surface area (Å²) in [4.78, 5) is 17.1. The van der Waals surface area contributed by atoms with E-state index in [1.54, 1.807) is 25.3 Å². The maximum Gasteiger partial charge on any atom is 0.254 e. The normalized spacial score (nSPS) is 14.2. The number of carbonyl (C=O) groups excluding carboxylic acids is 1. The summed E-state index contributed by atoms with van der Waals surface area (Å²) in [5.41, 5.74) is 2.94. The zero-order valence-electron chi connectivity index (χ0n) is 16.0. The van der Waals surface area contributed by atoms with Crippen LogP contribution in [0.4, 0.5) is 5.69 Å². The molecule has 0 radical (unpaired) electrons. The third kappa shape index (κ3) is 4.30. The lowest BCUT2D eigenvalue weighted by Crippen LogP contribution is -2.49. The topological polar surface area (TPSA) is 42.0 Å². The van der Waals surface area contributed by atoms with E-state index in [0.717, 1.165) is 23.8 Å². The first-order valence-electron chi connectivity index (χ1n) is 9.14. The largest absolute Gasteiger partial charge is 0.493 e. The zero-order valence-corrected chi connectivity index (χ0v) is 16.8. The second-order valence-corrected chi connectivity index (χ2v) is 6.95. The number of nitrogens with zero attached hydrogens (tertiary/aromatic N) is 2. The lowest BCUT2D eigenvalue weighted by Gasteiger charge is -2.37. The molecule has 3 rings (SSSR count). The van der Waals surface area contributed by atoms with Crippen molar-refractivity contribution in [1.82, 2.24) is 4.90 Å². The maximum absolute atomic E-state index is 12.9. The average Bonchev–Trinajstić information content (AvgIpc) is 2.70. The molecule has 1 aliphatic heterocycles. The molecule has 0 spiro atoms. The molecular weight excluding hydrogens is 364 g/mol. The smallest absolute Gasteiger partial charge is 0.254 e. The van der Waals surface area contributed by atoms with Crippen molar-refractivity contribution < 1.29 is 14.3 Å². The average molecular weight is 389 g/mol. The molecule has 0 bridgehead atoms. The highest BCUT2D eigenvalue weighted by molar-refractivity contribution is 6.30. The Bertz CT molecular complexity index is 817. The summed E-state index contributed by atoms with van der Waals surface area (Å²) in [6, 6.07) is 11.3. The highest BCUT2D eigenvalue weighted by atomic mass is 35.5. The number of halogens is 1. The Morgan fingerprint density at radius 1 is 1.07 bits per heavy atom. The minimum absolute atomic E-state index is 0.0128. The van der Waals surface area contributed by atoms with Gasteiger partial charge in [-0.1, -0.05) is 17.7 Å². The zero-order chi connectivity index (χ0) is 19.4. The van der Waals surface area contributed by atoms with Crippen LogP contribution >= 0.6 is 11.6 Å². The third-order valence-corrected chi connectivity index (χ3v) is 5.02. The Hall–Kier alpha value is -2.40. The molecule has 0 saturated carbocycles. The molecule has 2 aromatic rings. The quantitative estimate of drug-likeness (QED) is 0.775. The number of piperazine rings is 1. The molecule has 0 aromatic heterocycles. The summed E-state index contributed by atoms with van der Waals surface area (Å²) in [7, 11) is 1.58. The number of anilines is 1. The van der Waals surface area contributed by atoms with Gasteiger partial charge in [-0.3, -0.25) is 4.79 Å². The van der Waals surface area contributed by atoms with Crippen LogP contribution in [0.15, 0.2) is 36.4 Å². The fourth-order valence-electron chi connectivity index (χ4n) is 3.33. The van der Waals surface area contributed by atoms with Gasteiger partial charge >= 0.3 is 0 Å². The van der Waals surface area contributed by atoms with E-state index in [1.165, 1.54) is 5.56 Å². The van der Waals surface area contributed by atoms with E-state index >= 15 is 0 Å². The van der Waals surface area contributed by atoms with E-state index < -0.39 is 0 Å². The van der Waals surface area contributed by atoms with Gasteiger partial charge in [-0.15, -0.1) is 0 Å². The number of rotatable bonds is 5. The first-order chi connectivity index (χ1) is 13.0. The molecule has 1 heterocycles. The van der Waals surface area contributed by atoms with Crippen LogP contribution in [0.25, 0.3) is 0 Å². The molecule has 27 heavy (non-hydrogen) atoms. The van der Waals surface area contributed by atoms with Gasteiger partial charge in [-0.25, -0.2) is 0 Å². The van der Waals surface area contributed by atoms with Crippen molar-refractivity contribution in [3.8, 4) is 11.5 Å². The van der Waals surface area contributed by atoms with E-state index in [9.17, 15) is 4.79 Å². The molecule has 0 atom stereocenters. The highest BCUT2D eigenvalue weighted by Crippen LogP contribution is 2.29. The fourth-order valence-corrected chi connectivity index (χ4v) is 3.50. The molecule has 1 aliphatic rings. The molecular formula is C21H25ClN2O3. The predicted molar refractivity (Wildman–Crippen MR) is 108 cm³/mol. The van der Waals surface area contributed by atoms with Crippen LogP contribution in [-0.2, 0) is 0 Å². The van der Waals surface area contributed by atoms with Crippen molar-refractivity contribution >= 4 is 23.2 Å². The molecule has 1 amide bonds. The first kappa shape index (κ1) is 19.4. The van der Waals surface area contributed by atoms with Crippen LogP contribution in [0.2, 0.25) is 5.02 Å². The number of ether oxygens (including phenoxy) is 2. The van der Waals surface area contributed by atoms with Crippen LogP contribution < -0.4 is 14.4 Å². The predicted octanol–water partition coefficient (Wildman–Crippen LogP) is 4.02. The highest BCUT2D eigenvalue weighted by Gasteiger charge is 2.24. The number of aryl methyl sites for hydroxylation is 1. The number of benzene rings is 2. The van der Waals surface area contributed by atoms with Gasteiger partial charge in [0, 0.05) is 42.5 Å². The molecule has 6 heteroatoms. The second kappa shape index (κ2) is 8.53. The molecule has 5 nitrogen and oxygen atoms in total. The molecule has 1 saturated heterocycles. The third-order valence-electron chi connectivity index (χ3n) is 4.79. The standard InChI is InChI=1S/C21H25ClN2O3/c1-4-27-19-8-6-16(13-20(19)26-3)21(25)24-11-9-23(10-12-24)18-14-17(22)7-5-15(18)2/h5-8,13-14H,4,9-12H2,1-3H3. The molecule has 2 aromatic carbocycles. The van der Waals surface area contributed by atoms with E-state index in [0.29, 0.717) is 36.8 Å². The summed E-state index contributed by atoms with van der Waals surface area (Å²) < 4.78 is 10.9. The van der Waals surface area contributed by atoms with Crippen molar-refractivity contribution in [2.45, 2.75) is 13.8 Å². The Kier molecular flexibility index (Phi) is 6.11. The molecule has 0 N–H and O–H groups in total. The van der Waals surface area contributed by atoms with Gasteiger partial charge in [0.2, 0.25) is 0 Å². The van der Waals surface area contributed by atoms with Gasteiger partial charge in [0.1, 0.15) is 0 Å². The van der Waals surface area contributed by atoms with Crippen molar-refractivity contribution in [2.75, 3.05) is 44.8 Å². The number of hydrogen-bond donors (Lipinski definition) is 0. The van der Waals surface area contributed by atoms with Gasteiger partial charge in [0.15, 0.2) is 11.5 Å². The van der Waals surface area contributed by atoms with Crippen molar-refractivity contribution in [1.29, 1.82) is 0 Å². The lowest BCUT2D eigenvalue weighted by molar-refractivity contribution is 0.0746. The van der Waals surface area contributed by atoms with Crippen molar-refractivity contribution in [2.24, 2.45) is 0 Å². The minimum Gasteiger partial charge on any atom is -0.493 e. The van der Waals surface area contributed by atoms with Crippen LogP contribution in [-0.4, -0.2) is 50.7 Å².